The minimum Gasteiger partial charge on any atom is -0.378 e. The Hall–Kier alpha value is -1.19. The fraction of sp³-hybridized carbons (Fsp3) is 0.611. The SMILES string of the molecule is Cc1cc(C)c(CC(=O)CCOC2CCNCC2)c(C)c1. The van der Waals surface area contributed by atoms with E-state index in [2.05, 4.69) is 38.2 Å². The molecule has 1 aromatic rings. The number of carbonyl (C=O) groups excluding carboxylic acids is 1. The van der Waals surface area contributed by atoms with Crippen molar-refractivity contribution in [1.82, 2.24) is 5.32 Å². The van der Waals surface area contributed by atoms with Crippen LogP contribution in [0.1, 0.15) is 41.5 Å². The number of hydrogen-bond acceptors (Lipinski definition) is 3. The molecule has 0 saturated carbocycles. The van der Waals surface area contributed by atoms with Gasteiger partial charge in [-0.2, -0.15) is 0 Å². The van der Waals surface area contributed by atoms with Crippen LogP contribution in [-0.2, 0) is 16.0 Å². The first-order valence-electron chi connectivity index (χ1n) is 7.97. The summed E-state index contributed by atoms with van der Waals surface area (Å²) in [6.45, 7) is 8.90. The number of hydrogen-bond donors (Lipinski definition) is 1. The quantitative estimate of drug-likeness (QED) is 0.875. The molecule has 1 heterocycles. The molecule has 3 heteroatoms. The van der Waals surface area contributed by atoms with Crippen LogP contribution < -0.4 is 5.32 Å². The zero-order chi connectivity index (χ0) is 15.2. The molecule has 1 aromatic carbocycles. The highest BCUT2D eigenvalue weighted by Crippen LogP contribution is 2.18. The summed E-state index contributed by atoms with van der Waals surface area (Å²) in [4.78, 5) is 12.2. The third-order valence-electron chi connectivity index (χ3n) is 4.23. The highest BCUT2D eigenvalue weighted by Gasteiger charge is 2.14. The third-order valence-corrected chi connectivity index (χ3v) is 4.23. The van der Waals surface area contributed by atoms with Gasteiger partial charge >= 0.3 is 0 Å². The Bertz CT molecular complexity index is 467. The van der Waals surface area contributed by atoms with Gasteiger partial charge in [0.05, 0.1) is 12.7 Å². The molecule has 0 radical (unpaired) electrons. The molecule has 0 amide bonds. The predicted molar refractivity (Wildman–Crippen MR) is 85.8 cm³/mol. The summed E-state index contributed by atoms with van der Waals surface area (Å²) in [5, 5.41) is 3.32. The van der Waals surface area contributed by atoms with Crippen molar-refractivity contribution in [2.45, 2.75) is 52.6 Å². The van der Waals surface area contributed by atoms with Gasteiger partial charge in [0, 0.05) is 12.8 Å². The summed E-state index contributed by atoms with van der Waals surface area (Å²) in [6.07, 6.45) is 3.51. The summed E-state index contributed by atoms with van der Waals surface area (Å²) < 4.78 is 5.81. The number of ether oxygens (including phenoxy) is 1. The van der Waals surface area contributed by atoms with Gasteiger partial charge in [0.1, 0.15) is 5.78 Å². The Morgan fingerprint density at radius 3 is 2.43 bits per heavy atom. The highest BCUT2D eigenvalue weighted by molar-refractivity contribution is 5.81. The lowest BCUT2D eigenvalue weighted by molar-refractivity contribution is -0.120. The van der Waals surface area contributed by atoms with Crippen LogP contribution in [0, 0.1) is 20.8 Å². The fourth-order valence-corrected chi connectivity index (χ4v) is 3.08. The van der Waals surface area contributed by atoms with Gasteiger partial charge in [0.2, 0.25) is 0 Å². The van der Waals surface area contributed by atoms with Gasteiger partial charge < -0.3 is 10.1 Å². The first kappa shape index (κ1) is 16.2. The van der Waals surface area contributed by atoms with Crippen LogP contribution in [0.2, 0.25) is 0 Å². The smallest absolute Gasteiger partial charge is 0.139 e. The summed E-state index contributed by atoms with van der Waals surface area (Å²) in [7, 11) is 0. The van der Waals surface area contributed by atoms with Gasteiger partial charge in [0.15, 0.2) is 0 Å². The predicted octanol–water partition coefficient (Wildman–Crippen LogP) is 2.88. The molecule has 0 bridgehead atoms. The molecule has 2 rings (SSSR count). The van der Waals surface area contributed by atoms with Gasteiger partial charge in [-0.25, -0.2) is 0 Å². The summed E-state index contributed by atoms with van der Waals surface area (Å²) >= 11 is 0. The van der Waals surface area contributed by atoms with Crippen LogP contribution in [0.15, 0.2) is 12.1 Å². The molecule has 1 N–H and O–H groups in total. The molecule has 21 heavy (non-hydrogen) atoms. The number of benzene rings is 1. The maximum Gasteiger partial charge on any atom is 0.139 e. The van der Waals surface area contributed by atoms with Crippen molar-refractivity contribution in [1.29, 1.82) is 0 Å². The lowest BCUT2D eigenvalue weighted by atomic mass is 9.95. The Morgan fingerprint density at radius 1 is 1.19 bits per heavy atom. The number of nitrogens with one attached hydrogen (secondary N) is 1. The molecule has 116 valence electrons. The molecule has 0 atom stereocenters. The Morgan fingerprint density at radius 2 is 1.81 bits per heavy atom. The molecule has 1 aliphatic rings. The van der Waals surface area contributed by atoms with Gasteiger partial charge in [-0.15, -0.1) is 0 Å². The third kappa shape index (κ3) is 4.94. The van der Waals surface area contributed by atoms with E-state index >= 15 is 0 Å². The van der Waals surface area contributed by atoms with E-state index in [1.165, 1.54) is 22.3 Å². The fourth-order valence-electron chi connectivity index (χ4n) is 3.08. The van der Waals surface area contributed by atoms with Crippen LogP contribution in [0.25, 0.3) is 0 Å². The number of Topliss-reactive ketones (excluding diaryl/α,β-unsaturated/α-hetero) is 1. The molecular weight excluding hydrogens is 262 g/mol. The largest absolute Gasteiger partial charge is 0.378 e. The highest BCUT2D eigenvalue weighted by atomic mass is 16.5. The molecule has 3 nitrogen and oxygen atoms in total. The second-order valence-corrected chi connectivity index (χ2v) is 6.16. The van der Waals surface area contributed by atoms with Crippen LogP contribution in [0.5, 0.6) is 0 Å². The Labute approximate surface area is 128 Å². The lowest BCUT2D eigenvalue weighted by Gasteiger charge is -2.22. The lowest BCUT2D eigenvalue weighted by Crippen LogP contribution is -2.32. The summed E-state index contributed by atoms with van der Waals surface area (Å²) in [5.74, 6) is 0.277. The van der Waals surface area contributed by atoms with Crippen LogP contribution >= 0.6 is 0 Å². The van der Waals surface area contributed by atoms with Crippen LogP contribution in [-0.4, -0.2) is 31.6 Å². The number of piperidine rings is 1. The van der Waals surface area contributed by atoms with E-state index in [-0.39, 0.29) is 5.78 Å². The average Bonchev–Trinajstić information content (AvgIpc) is 2.44. The summed E-state index contributed by atoms with van der Waals surface area (Å²) in [6, 6.07) is 4.31. The first-order chi connectivity index (χ1) is 10.1. The number of rotatable bonds is 6. The van der Waals surface area contributed by atoms with Crippen molar-refractivity contribution in [3.63, 3.8) is 0 Å². The van der Waals surface area contributed by atoms with Crippen molar-refractivity contribution in [3.8, 4) is 0 Å². The van der Waals surface area contributed by atoms with E-state index in [1.807, 2.05) is 0 Å². The molecule has 0 aliphatic carbocycles. The summed E-state index contributed by atoms with van der Waals surface area (Å²) in [5.41, 5.74) is 4.89. The van der Waals surface area contributed by atoms with E-state index in [0.717, 1.165) is 25.9 Å². The van der Waals surface area contributed by atoms with Crippen molar-refractivity contribution < 1.29 is 9.53 Å². The van der Waals surface area contributed by atoms with Crippen LogP contribution in [0.4, 0.5) is 0 Å². The first-order valence-corrected chi connectivity index (χ1v) is 7.97. The van der Waals surface area contributed by atoms with E-state index in [0.29, 0.717) is 25.6 Å². The van der Waals surface area contributed by atoms with Gasteiger partial charge in [0.25, 0.3) is 0 Å². The minimum atomic E-state index is 0.277. The Balaban J connectivity index is 1.79. The number of aryl methyl sites for hydroxylation is 3. The molecular formula is C18H27NO2. The van der Waals surface area contributed by atoms with Gasteiger partial charge in [-0.05, 0) is 63.4 Å². The van der Waals surface area contributed by atoms with E-state index in [9.17, 15) is 4.79 Å². The van der Waals surface area contributed by atoms with Crippen molar-refractivity contribution in [2.75, 3.05) is 19.7 Å². The second-order valence-electron chi connectivity index (χ2n) is 6.16. The van der Waals surface area contributed by atoms with Crippen molar-refractivity contribution in [2.24, 2.45) is 0 Å². The maximum atomic E-state index is 12.2. The standard InChI is InChI=1S/C18H27NO2/c1-13-10-14(2)18(15(3)11-13)12-16(20)6-9-21-17-4-7-19-8-5-17/h10-11,17,19H,4-9,12H2,1-3H3. The van der Waals surface area contributed by atoms with Gasteiger partial charge in [-0.3, -0.25) is 4.79 Å². The monoisotopic (exact) mass is 289 g/mol. The zero-order valence-corrected chi connectivity index (χ0v) is 13.5. The van der Waals surface area contributed by atoms with E-state index in [1.54, 1.807) is 0 Å². The zero-order valence-electron chi connectivity index (χ0n) is 13.5. The minimum absolute atomic E-state index is 0.277. The van der Waals surface area contributed by atoms with Crippen LogP contribution in [0.3, 0.4) is 0 Å². The molecule has 0 unspecified atom stereocenters. The second kappa shape index (κ2) is 7.71. The molecule has 1 saturated heterocycles. The van der Waals surface area contributed by atoms with Crippen molar-refractivity contribution >= 4 is 5.78 Å². The number of ketones is 1. The average molecular weight is 289 g/mol. The molecule has 1 aliphatic heterocycles. The molecule has 0 spiro atoms. The van der Waals surface area contributed by atoms with E-state index in [4.69, 9.17) is 4.74 Å². The van der Waals surface area contributed by atoms with Gasteiger partial charge in [-0.1, -0.05) is 17.7 Å². The van der Waals surface area contributed by atoms with E-state index < -0.39 is 0 Å². The van der Waals surface area contributed by atoms with Crippen molar-refractivity contribution in [3.05, 3.63) is 34.4 Å². The topological polar surface area (TPSA) is 38.3 Å². The molecule has 1 fully saturated rings. The maximum absolute atomic E-state index is 12.2. The Kier molecular flexibility index (Phi) is 5.95. The number of carbonyl (C=O) groups is 1. The normalized spacial score (nSPS) is 16.1. The molecule has 0 aromatic heterocycles.